The lowest BCUT2D eigenvalue weighted by Crippen LogP contribution is -2.06. The molecule has 1 aromatic rings. The van der Waals surface area contributed by atoms with Crippen molar-refractivity contribution in [3.8, 4) is 0 Å². The van der Waals surface area contributed by atoms with Crippen LogP contribution in [0.5, 0.6) is 0 Å². The summed E-state index contributed by atoms with van der Waals surface area (Å²) in [5.41, 5.74) is 2.34. The number of hydrogen-bond donors (Lipinski definition) is 0. The van der Waals surface area contributed by atoms with Gasteiger partial charge in [0.2, 0.25) is 0 Å². The van der Waals surface area contributed by atoms with E-state index in [2.05, 4.69) is 13.2 Å². The predicted molar refractivity (Wildman–Crippen MR) is 79.5 cm³/mol. The maximum absolute atomic E-state index is 11.7. The molecule has 0 radical (unpaired) electrons. The van der Waals surface area contributed by atoms with Crippen molar-refractivity contribution in [3.05, 3.63) is 78.4 Å². The van der Waals surface area contributed by atoms with E-state index in [-0.39, 0.29) is 5.97 Å². The van der Waals surface area contributed by atoms with E-state index in [9.17, 15) is 4.79 Å². The number of benzene rings is 1. The summed E-state index contributed by atoms with van der Waals surface area (Å²) in [5.74, 6) is -0.354. The minimum Gasteiger partial charge on any atom is -0.466 e. The van der Waals surface area contributed by atoms with Crippen molar-refractivity contribution in [2.45, 2.75) is 6.42 Å². The molecule has 0 heterocycles. The van der Waals surface area contributed by atoms with Crippen LogP contribution in [0.4, 0.5) is 0 Å². The monoisotopic (exact) mass is 254 g/mol. The molecule has 0 aromatic heterocycles. The molecule has 0 saturated heterocycles. The van der Waals surface area contributed by atoms with Crippen molar-refractivity contribution in [3.63, 3.8) is 0 Å². The first-order valence-electron chi connectivity index (χ1n) is 6.00. The van der Waals surface area contributed by atoms with Gasteiger partial charge < -0.3 is 4.74 Å². The smallest absolute Gasteiger partial charge is 0.334 e. The number of rotatable bonds is 6. The third-order valence-electron chi connectivity index (χ3n) is 2.65. The zero-order valence-corrected chi connectivity index (χ0v) is 11.1. The first-order valence-corrected chi connectivity index (χ1v) is 6.00. The lowest BCUT2D eigenvalue weighted by Gasteiger charge is -2.05. The molecule has 98 valence electrons. The first-order chi connectivity index (χ1) is 9.22. The van der Waals surface area contributed by atoms with Gasteiger partial charge >= 0.3 is 5.97 Å². The molecule has 1 rings (SSSR count). The third kappa shape index (κ3) is 4.43. The molecular weight excluding hydrogens is 236 g/mol. The number of allylic oxidation sites excluding steroid dienone is 4. The van der Waals surface area contributed by atoms with Crippen LogP contribution in [-0.4, -0.2) is 13.1 Å². The summed E-state index contributed by atoms with van der Waals surface area (Å²) in [4.78, 5) is 11.7. The van der Waals surface area contributed by atoms with Crippen molar-refractivity contribution in [2.24, 2.45) is 0 Å². The summed E-state index contributed by atoms with van der Waals surface area (Å²) in [6, 6.07) is 9.90. The number of carbonyl (C=O) groups is 1. The summed E-state index contributed by atoms with van der Waals surface area (Å²) < 4.78 is 4.77. The van der Waals surface area contributed by atoms with Gasteiger partial charge in [-0.15, -0.1) is 0 Å². The molecule has 0 amide bonds. The number of carbonyl (C=O) groups excluding carboxylic acids is 1. The molecule has 2 nitrogen and oxygen atoms in total. The molecule has 0 unspecified atom stereocenters. The fourth-order valence-corrected chi connectivity index (χ4v) is 1.65. The van der Waals surface area contributed by atoms with Crippen LogP contribution in [0.3, 0.4) is 0 Å². The van der Waals surface area contributed by atoms with Gasteiger partial charge in [-0.3, -0.25) is 0 Å². The van der Waals surface area contributed by atoms with Crippen LogP contribution < -0.4 is 0 Å². The van der Waals surface area contributed by atoms with Gasteiger partial charge in [0, 0.05) is 5.57 Å². The highest BCUT2D eigenvalue weighted by Gasteiger charge is 2.10. The summed E-state index contributed by atoms with van der Waals surface area (Å²) >= 11 is 0. The van der Waals surface area contributed by atoms with Gasteiger partial charge in [-0.25, -0.2) is 4.79 Å². The van der Waals surface area contributed by atoms with E-state index in [0.29, 0.717) is 17.6 Å². The third-order valence-corrected chi connectivity index (χ3v) is 2.65. The Morgan fingerprint density at radius 3 is 2.37 bits per heavy atom. The van der Waals surface area contributed by atoms with Crippen molar-refractivity contribution >= 4 is 12.0 Å². The minimum atomic E-state index is -0.354. The molecule has 1 aromatic carbocycles. The molecule has 0 spiro atoms. The molecule has 0 saturated carbocycles. The normalized spacial score (nSPS) is 9.95. The Morgan fingerprint density at radius 1 is 1.21 bits per heavy atom. The quantitative estimate of drug-likeness (QED) is 0.437. The van der Waals surface area contributed by atoms with E-state index in [4.69, 9.17) is 4.74 Å². The number of hydrogen-bond acceptors (Lipinski definition) is 2. The van der Waals surface area contributed by atoms with Crippen LogP contribution in [0.1, 0.15) is 12.0 Å². The summed E-state index contributed by atoms with van der Waals surface area (Å²) in [6.45, 7) is 7.35. The summed E-state index contributed by atoms with van der Waals surface area (Å²) in [7, 11) is 1.37. The Bertz CT molecular complexity index is 497. The van der Waals surface area contributed by atoms with Crippen LogP contribution in [0, 0.1) is 0 Å². The number of ether oxygens (including phenoxy) is 1. The van der Waals surface area contributed by atoms with E-state index in [0.717, 1.165) is 5.56 Å². The van der Waals surface area contributed by atoms with Crippen molar-refractivity contribution in [1.82, 2.24) is 0 Å². The van der Waals surface area contributed by atoms with E-state index < -0.39 is 0 Å². The fourth-order valence-electron chi connectivity index (χ4n) is 1.65. The predicted octanol–water partition coefficient (Wildman–Crippen LogP) is 3.93. The highest BCUT2D eigenvalue weighted by atomic mass is 16.5. The molecule has 2 heteroatoms. The van der Waals surface area contributed by atoms with E-state index >= 15 is 0 Å². The molecule has 0 fully saturated rings. The van der Waals surface area contributed by atoms with Crippen LogP contribution in [-0.2, 0) is 9.53 Å². The zero-order chi connectivity index (χ0) is 14.1. The molecule has 19 heavy (non-hydrogen) atoms. The van der Waals surface area contributed by atoms with Crippen LogP contribution in [0.25, 0.3) is 6.08 Å². The average Bonchev–Trinajstić information content (AvgIpc) is 2.47. The topological polar surface area (TPSA) is 26.3 Å². The lowest BCUT2D eigenvalue weighted by atomic mass is 10.0. The van der Waals surface area contributed by atoms with Crippen molar-refractivity contribution in [1.29, 1.82) is 0 Å². The minimum absolute atomic E-state index is 0.354. The maximum Gasteiger partial charge on any atom is 0.334 e. The second-order valence-electron chi connectivity index (χ2n) is 3.85. The van der Waals surface area contributed by atoms with E-state index in [1.165, 1.54) is 7.11 Å². The van der Waals surface area contributed by atoms with E-state index in [1.807, 2.05) is 42.5 Å². The largest absolute Gasteiger partial charge is 0.466 e. The Kier molecular flexibility index (Phi) is 6.10. The molecule has 0 atom stereocenters. The summed E-state index contributed by atoms with van der Waals surface area (Å²) in [5, 5.41) is 0. The van der Waals surface area contributed by atoms with Gasteiger partial charge in [0.05, 0.1) is 7.11 Å². The second-order valence-corrected chi connectivity index (χ2v) is 3.85. The Morgan fingerprint density at radius 2 is 1.84 bits per heavy atom. The van der Waals surface area contributed by atoms with Crippen LogP contribution in [0.2, 0.25) is 0 Å². The Labute approximate surface area is 114 Å². The average molecular weight is 254 g/mol. The van der Waals surface area contributed by atoms with Gasteiger partial charge in [-0.05, 0) is 17.6 Å². The Hall–Kier alpha value is -2.35. The molecule has 0 aliphatic heterocycles. The molecular formula is C17H18O2. The van der Waals surface area contributed by atoms with Crippen LogP contribution >= 0.6 is 0 Å². The standard InChI is InChI=1S/C17H18O2/c1-4-15(5-2)16(17(18)19-3)13-9-12-14-10-7-6-8-11-14/h4-12H,1-2,13H2,3H3. The van der Waals surface area contributed by atoms with Crippen LogP contribution in [0.15, 0.2) is 72.9 Å². The molecule has 0 N–H and O–H groups in total. The van der Waals surface area contributed by atoms with Gasteiger partial charge in [0.25, 0.3) is 0 Å². The fraction of sp³-hybridized carbons (Fsp3) is 0.118. The van der Waals surface area contributed by atoms with E-state index in [1.54, 1.807) is 12.2 Å². The number of esters is 1. The van der Waals surface area contributed by atoms with Crippen molar-refractivity contribution < 1.29 is 9.53 Å². The lowest BCUT2D eigenvalue weighted by molar-refractivity contribution is -0.136. The number of methoxy groups -OCH3 is 1. The molecule has 0 aliphatic rings. The van der Waals surface area contributed by atoms with Gasteiger partial charge in [-0.1, -0.05) is 67.8 Å². The van der Waals surface area contributed by atoms with Gasteiger partial charge in [0.15, 0.2) is 0 Å². The van der Waals surface area contributed by atoms with Gasteiger partial charge in [0.1, 0.15) is 0 Å². The molecule has 0 aliphatic carbocycles. The SMILES string of the molecule is C=CC(C=C)=C(CC=Cc1ccccc1)C(=O)OC. The first kappa shape index (κ1) is 14.7. The highest BCUT2D eigenvalue weighted by molar-refractivity contribution is 5.91. The van der Waals surface area contributed by atoms with Gasteiger partial charge in [-0.2, -0.15) is 0 Å². The van der Waals surface area contributed by atoms with Crippen molar-refractivity contribution in [2.75, 3.05) is 7.11 Å². The molecule has 0 bridgehead atoms. The highest BCUT2D eigenvalue weighted by Crippen LogP contribution is 2.15. The summed E-state index contributed by atoms with van der Waals surface area (Å²) in [6.07, 6.45) is 7.58. The second kappa shape index (κ2) is 7.88. The maximum atomic E-state index is 11.7. The zero-order valence-electron chi connectivity index (χ0n) is 11.1. The Balaban J connectivity index is 2.89.